The number of hydrogen-bond donors (Lipinski definition) is 1. The van der Waals surface area contributed by atoms with Crippen molar-refractivity contribution in [2.45, 2.75) is 52.2 Å². The van der Waals surface area contributed by atoms with Crippen molar-refractivity contribution < 1.29 is 4.74 Å². The fourth-order valence-electron chi connectivity index (χ4n) is 1.24. The Morgan fingerprint density at radius 1 is 1.38 bits per heavy atom. The van der Waals surface area contributed by atoms with Gasteiger partial charge in [-0.25, -0.2) is 0 Å². The summed E-state index contributed by atoms with van der Waals surface area (Å²) in [6, 6.07) is 0.568. The quantitative estimate of drug-likeness (QED) is 0.656. The molecule has 0 aromatic carbocycles. The van der Waals surface area contributed by atoms with Gasteiger partial charge in [-0.3, -0.25) is 0 Å². The van der Waals surface area contributed by atoms with Gasteiger partial charge in [-0.1, -0.05) is 20.8 Å². The molecule has 13 heavy (non-hydrogen) atoms. The van der Waals surface area contributed by atoms with Crippen LogP contribution < -0.4 is 5.32 Å². The minimum absolute atomic E-state index is 0.419. The first kappa shape index (κ1) is 11.0. The third-order valence-electron chi connectivity index (χ3n) is 2.47. The molecule has 2 nitrogen and oxygen atoms in total. The molecule has 1 atom stereocenters. The Labute approximate surface area is 82.0 Å². The van der Waals surface area contributed by atoms with Crippen LogP contribution in [0.4, 0.5) is 0 Å². The van der Waals surface area contributed by atoms with Gasteiger partial charge in [-0.15, -0.1) is 0 Å². The molecule has 0 aliphatic heterocycles. The van der Waals surface area contributed by atoms with Crippen LogP contribution in [0.25, 0.3) is 0 Å². The standard InChI is InChI=1S/C11H23NO/c1-4-11(7-12-9(2)3)13-8-10-5-6-10/h9-12H,4-8H2,1-3H3. The Morgan fingerprint density at radius 3 is 2.54 bits per heavy atom. The number of rotatable bonds is 7. The van der Waals surface area contributed by atoms with E-state index in [0.717, 1.165) is 25.5 Å². The lowest BCUT2D eigenvalue weighted by atomic mass is 10.2. The summed E-state index contributed by atoms with van der Waals surface area (Å²) in [5, 5.41) is 3.42. The molecule has 0 amide bonds. The van der Waals surface area contributed by atoms with Crippen molar-refractivity contribution in [2.24, 2.45) is 5.92 Å². The zero-order valence-corrected chi connectivity index (χ0v) is 9.18. The number of ether oxygens (including phenoxy) is 1. The third-order valence-corrected chi connectivity index (χ3v) is 2.47. The Morgan fingerprint density at radius 2 is 2.08 bits per heavy atom. The van der Waals surface area contributed by atoms with Gasteiger partial charge in [-0.2, -0.15) is 0 Å². The van der Waals surface area contributed by atoms with Gasteiger partial charge in [0.25, 0.3) is 0 Å². The Hall–Kier alpha value is -0.0800. The highest BCUT2D eigenvalue weighted by molar-refractivity contribution is 4.73. The zero-order chi connectivity index (χ0) is 9.68. The number of hydrogen-bond acceptors (Lipinski definition) is 2. The molecule has 1 aliphatic rings. The van der Waals surface area contributed by atoms with Crippen LogP contribution in [-0.2, 0) is 4.74 Å². The van der Waals surface area contributed by atoms with E-state index in [2.05, 4.69) is 26.1 Å². The van der Waals surface area contributed by atoms with Crippen molar-refractivity contribution in [3.05, 3.63) is 0 Å². The van der Waals surface area contributed by atoms with E-state index >= 15 is 0 Å². The SMILES string of the molecule is CCC(CNC(C)C)OCC1CC1. The van der Waals surface area contributed by atoms with Gasteiger partial charge < -0.3 is 10.1 Å². The highest BCUT2D eigenvalue weighted by atomic mass is 16.5. The molecule has 2 heteroatoms. The van der Waals surface area contributed by atoms with Gasteiger partial charge in [0.15, 0.2) is 0 Å². The van der Waals surface area contributed by atoms with Crippen LogP contribution in [0, 0.1) is 5.92 Å². The van der Waals surface area contributed by atoms with Crippen LogP contribution in [0.3, 0.4) is 0 Å². The Bertz CT molecular complexity index is 126. The van der Waals surface area contributed by atoms with Crippen LogP contribution in [0.1, 0.15) is 40.0 Å². The molecular formula is C11H23NO. The van der Waals surface area contributed by atoms with Crippen LogP contribution >= 0.6 is 0 Å². The van der Waals surface area contributed by atoms with Crippen LogP contribution in [0.5, 0.6) is 0 Å². The summed E-state index contributed by atoms with van der Waals surface area (Å²) < 4.78 is 5.80. The molecule has 0 bridgehead atoms. The molecule has 0 heterocycles. The van der Waals surface area contributed by atoms with E-state index < -0.39 is 0 Å². The second-order valence-corrected chi connectivity index (χ2v) is 4.37. The van der Waals surface area contributed by atoms with Crippen LogP contribution in [0.15, 0.2) is 0 Å². The van der Waals surface area contributed by atoms with Gasteiger partial charge in [0.2, 0.25) is 0 Å². The Kier molecular flexibility index (Phi) is 4.74. The lowest BCUT2D eigenvalue weighted by molar-refractivity contribution is 0.0425. The van der Waals surface area contributed by atoms with Gasteiger partial charge in [0.05, 0.1) is 6.10 Å². The minimum Gasteiger partial charge on any atom is -0.377 e. The molecule has 0 aromatic heterocycles. The third kappa shape index (κ3) is 5.27. The van der Waals surface area contributed by atoms with E-state index in [1.54, 1.807) is 0 Å². The summed E-state index contributed by atoms with van der Waals surface area (Å²) >= 11 is 0. The number of nitrogens with one attached hydrogen (secondary N) is 1. The zero-order valence-electron chi connectivity index (χ0n) is 9.18. The van der Waals surface area contributed by atoms with Gasteiger partial charge in [-0.05, 0) is 25.2 Å². The van der Waals surface area contributed by atoms with Crippen molar-refractivity contribution >= 4 is 0 Å². The molecule has 0 radical (unpaired) electrons. The van der Waals surface area contributed by atoms with Gasteiger partial charge in [0.1, 0.15) is 0 Å². The first-order chi connectivity index (χ1) is 6.22. The van der Waals surface area contributed by atoms with Crippen LogP contribution in [0.2, 0.25) is 0 Å². The maximum Gasteiger partial charge on any atom is 0.0697 e. The molecule has 1 aliphatic carbocycles. The van der Waals surface area contributed by atoms with Gasteiger partial charge >= 0.3 is 0 Å². The largest absolute Gasteiger partial charge is 0.377 e. The van der Waals surface area contributed by atoms with E-state index in [-0.39, 0.29) is 0 Å². The fraction of sp³-hybridized carbons (Fsp3) is 1.00. The van der Waals surface area contributed by atoms with Crippen molar-refractivity contribution in [1.82, 2.24) is 5.32 Å². The smallest absolute Gasteiger partial charge is 0.0697 e. The predicted octanol–water partition coefficient (Wildman–Crippen LogP) is 2.19. The van der Waals surface area contributed by atoms with E-state index in [1.165, 1.54) is 12.8 Å². The maximum atomic E-state index is 5.80. The summed E-state index contributed by atoms with van der Waals surface area (Å²) in [5.41, 5.74) is 0. The van der Waals surface area contributed by atoms with Crippen molar-refractivity contribution in [3.63, 3.8) is 0 Å². The Balaban J connectivity index is 2.02. The molecule has 0 saturated heterocycles. The molecular weight excluding hydrogens is 162 g/mol. The summed E-state index contributed by atoms with van der Waals surface area (Å²) in [6.07, 6.45) is 4.30. The maximum absolute atomic E-state index is 5.80. The average molecular weight is 185 g/mol. The first-order valence-corrected chi connectivity index (χ1v) is 5.57. The lowest BCUT2D eigenvalue weighted by Crippen LogP contribution is -2.33. The molecule has 78 valence electrons. The molecule has 1 saturated carbocycles. The summed E-state index contributed by atoms with van der Waals surface area (Å²) in [5.74, 6) is 0.882. The summed E-state index contributed by atoms with van der Waals surface area (Å²) in [7, 11) is 0. The van der Waals surface area contributed by atoms with E-state index in [1.807, 2.05) is 0 Å². The summed E-state index contributed by atoms with van der Waals surface area (Å²) in [4.78, 5) is 0. The van der Waals surface area contributed by atoms with Crippen molar-refractivity contribution in [3.8, 4) is 0 Å². The summed E-state index contributed by atoms with van der Waals surface area (Å²) in [6.45, 7) is 8.53. The molecule has 1 unspecified atom stereocenters. The van der Waals surface area contributed by atoms with E-state index in [9.17, 15) is 0 Å². The fourth-order valence-corrected chi connectivity index (χ4v) is 1.24. The molecule has 0 aromatic rings. The average Bonchev–Trinajstić information content (AvgIpc) is 2.88. The lowest BCUT2D eigenvalue weighted by Gasteiger charge is -2.18. The monoisotopic (exact) mass is 185 g/mol. The predicted molar refractivity (Wildman–Crippen MR) is 55.9 cm³/mol. The molecule has 0 spiro atoms. The second kappa shape index (κ2) is 5.61. The highest BCUT2D eigenvalue weighted by Gasteiger charge is 2.22. The van der Waals surface area contributed by atoms with Gasteiger partial charge in [0, 0.05) is 19.2 Å². The van der Waals surface area contributed by atoms with Crippen molar-refractivity contribution in [2.75, 3.05) is 13.2 Å². The topological polar surface area (TPSA) is 21.3 Å². The molecule has 1 rings (SSSR count). The molecule has 1 N–H and O–H groups in total. The normalized spacial score (nSPS) is 19.4. The second-order valence-electron chi connectivity index (χ2n) is 4.37. The van der Waals surface area contributed by atoms with Crippen molar-refractivity contribution in [1.29, 1.82) is 0 Å². The van der Waals surface area contributed by atoms with Crippen LogP contribution in [-0.4, -0.2) is 25.3 Å². The molecule has 1 fully saturated rings. The van der Waals surface area contributed by atoms with E-state index in [4.69, 9.17) is 4.74 Å². The highest BCUT2D eigenvalue weighted by Crippen LogP contribution is 2.29. The van der Waals surface area contributed by atoms with E-state index in [0.29, 0.717) is 12.1 Å². The first-order valence-electron chi connectivity index (χ1n) is 5.57. The minimum atomic E-state index is 0.419.